The van der Waals surface area contributed by atoms with Gasteiger partial charge >= 0.3 is 5.82 Å². The quantitative estimate of drug-likeness (QED) is 0.488. The highest BCUT2D eigenvalue weighted by atomic mass is 32.1. The Labute approximate surface area is 94.0 Å². The van der Waals surface area contributed by atoms with Crippen molar-refractivity contribution in [2.45, 2.75) is 27.3 Å². The summed E-state index contributed by atoms with van der Waals surface area (Å²) >= 11 is 4.23. The van der Waals surface area contributed by atoms with Gasteiger partial charge in [0.15, 0.2) is 0 Å². The molecule has 0 aliphatic heterocycles. The Morgan fingerprint density at radius 1 is 1.67 bits per heavy atom. The first-order chi connectivity index (χ1) is 6.85. The molecule has 15 heavy (non-hydrogen) atoms. The first-order valence-corrected chi connectivity index (χ1v) is 5.28. The van der Waals surface area contributed by atoms with Crippen molar-refractivity contribution in [3.05, 3.63) is 21.9 Å². The van der Waals surface area contributed by atoms with Crippen molar-refractivity contribution in [2.24, 2.45) is 5.41 Å². The van der Waals surface area contributed by atoms with E-state index in [4.69, 9.17) is 0 Å². The summed E-state index contributed by atoms with van der Waals surface area (Å²) in [7, 11) is 0. The van der Waals surface area contributed by atoms with Crippen LogP contribution in [0.3, 0.4) is 0 Å². The minimum Gasteiger partial charge on any atom is -0.358 e. The summed E-state index contributed by atoms with van der Waals surface area (Å²) in [6.45, 7) is 6.41. The summed E-state index contributed by atoms with van der Waals surface area (Å²) in [5.74, 6) is 0.643. The molecule has 0 bridgehead atoms. The van der Waals surface area contributed by atoms with Gasteiger partial charge in [-0.1, -0.05) is 13.8 Å². The third-order valence-electron chi connectivity index (χ3n) is 2.11. The lowest BCUT2D eigenvalue weighted by Gasteiger charge is -2.19. The van der Waals surface area contributed by atoms with Crippen molar-refractivity contribution in [1.82, 2.24) is 9.78 Å². The number of rotatable bonds is 4. The van der Waals surface area contributed by atoms with Crippen LogP contribution < -0.4 is 0 Å². The SMILES string of the molecule is Cc1cn(CC(C)(C)CS)nc1[N+](=O)[O-]. The molecular formula is C9H15N3O2S. The third-order valence-corrected chi connectivity index (χ3v) is 2.97. The molecule has 0 atom stereocenters. The molecule has 0 aliphatic rings. The van der Waals surface area contributed by atoms with Gasteiger partial charge in [0.25, 0.3) is 0 Å². The van der Waals surface area contributed by atoms with Crippen LogP contribution in [0, 0.1) is 22.5 Å². The van der Waals surface area contributed by atoms with E-state index in [0.29, 0.717) is 17.9 Å². The fraction of sp³-hybridized carbons (Fsp3) is 0.667. The normalized spacial score (nSPS) is 11.7. The molecule has 0 aliphatic carbocycles. The molecule has 0 N–H and O–H groups in total. The molecule has 0 saturated heterocycles. The standard InChI is InChI=1S/C9H15N3O2S/c1-7-4-11(5-9(2,3)6-15)10-8(7)12(13)14/h4,15H,5-6H2,1-3H3. The summed E-state index contributed by atoms with van der Waals surface area (Å²) in [4.78, 5) is 10.1. The predicted octanol–water partition coefficient (Wildman–Crippen LogP) is 2.06. The zero-order chi connectivity index (χ0) is 11.6. The van der Waals surface area contributed by atoms with Gasteiger partial charge in [0.1, 0.15) is 0 Å². The molecule has 5 nitrogen and oxygen atoms in total. The van der Waals surface area contributed by atoms with Gasteiger partial charge in [0.2, 0.25) is 0 Å². The zero-order valence-corrected chi connectivity index (χ0v) is 9.99. The van der Waals surface area contributed by atoms with Crippen LogP contribution in [0.1, 0.15) is 19.4 Å². The highest BCUT2D eigenvalue weighted by Gasteiger charge is 2.22. The van der Waals surface area contributed by atoms with Gasteiger partial charge in [-0.25, -0.2) is 0 Å². The molecule has 0 spiro atoms. The fourth-order valence-electron chi connectivity index (χ4n) is 1.26. The van der Waals surface area contributed by atoms with Crippen molar-refractivity contribution < 1.29 is 4.92 Å². The number of aromatic nitrogens is 2. The molecular weight excluding hydrogens is 214 g/mol. The average molecular weight is 229 g/mol. The van der Waals surface area contributed by atoms with Gasteiger partial charge in [-0.05, 0) is 23.0 Å². The van der Waals surface area contributed by atoms with Crippen molar-refractivity contribution in [3.8, 4) is 0 Å². The van der Waals surface area contributed by atoms with Crippen molar-refractivity contribution >= 4 is 18.4 Å². The molecule has 84 valence electrons. The van der Waals surface area contributed by atoms with Gasteiger partial charge in [-0.3, -0.25) is 0 Å². The Balaban J connectivity index is 2.89. The molecule has 1 heterocycles. The Kier molecular flexibility index (Phi) is 3.38. The van der Waals surface area contributed by atoms with Crippen molar-refractivity contribution in [3.63, 3.8) is 0 Å². The maximum atomic E-state index is 10.6. The third kappa shape index (κ3) is 2.95. The van der Waals surface area contributed by atoms with Crippen LogP contribution in [-0.2, 0) is 6.54 Å². The number of hydrogen-bond donors (Lipinski definition) is 1. The highest BCUT2D eigenvalue weighted by molar-refractivity contribution is 7.80. The Morgan fingerprint density at radius 3 is 2.67 bits per heavy atom. The Bertz CT molecular complexity index is 373. The van der Waals surface area contributed by atoms with E-state index in [0.717, 1.165) is 0 Å². The van der Waals surface area contributed by atoms with E-state index in [1.54, 1.807) is 17.8 Å². The highest BCUT2D eigenvalue weighted by Crippen LogP contribution is 2.21. The van der Waals surface area contributed by atoms with E-state index in [-0.39, 0.29) is 11.2 Å². The van der Waals surface area contributed by atoms with Crippen LogP contribution in [0.15, 0.2) is 6.20 Å². The molecule has 1 rings (SSSR count). The number of hydrogen-bond acceptors (Lipinski definition) is 4. The molecule has 1 aromatic rings. The van der Waals surface area contributed by atoms with Crippen molar-refractivity contribution in [1.29, 1.82) is 0 Å². The van der Waals surface area contributed by atoms with Crippen LogP contribution in [0.2, 0.25) is 0 Å². The number of nitrogens with zero attached hydrogens (tertiary/aromatic N) is 3. The number of thiol groups is 1. The van der Waals surface area contributed by atoms with E-state index < -0.39 is 4.92 Å². The van der Waals surface area contributed by atoms with Crippen LogP contribution in [-0.4, -0.2) is 20.5 Å². The summed E-state index contributed by atoms with van der Waals surface area (Å²) in [5, 5.41) is 14.5. The molecule has 0 fully saturated rings. The second-order valence-electron chi connectivity index (χ2n) is 4.41. The van der Waals surface area contributed by atoms with Gasteiger partial charge in [0.05, 0.1) is 23.4 Å². The molecule has 0 saturated carbocycles. The Morgan fingerprint density at radius 2 is 2.27 bits per heavy atom. The van der Waals surface area contributed by atoms with Crippen LogP contribution in [0.5, 0.6) is 0 Å². The summed E-state index contributed by atoms with van der Waals surface area (Å²) in [6, 6.07) is 0. The number of nitro groups is 1. The minimum atomic E-state index is -0.459. The second-order valence-corrected chi connectivity index (χ2v) is 4.73. The maximum Gasteiger partial charge on any atom is 0.392 e. The Hall–Kier alpha value is -1.04. The average Bonchev–Trinajstić information content (AvgIpc) is 2.46. The minimum absolute atomic E-state index is 0.0184. The smallest absolute Gasteiger partial charge is 0.358 e. The summed E-state index contributed by atoms with van der Waals surface area (Å²) in [5.41, 5.74) is 0.574. The molecule has 6 heteroatoms. The molecule has 0 unspecified atom stereocenters. The fourth-order valence-corrected chi connectivity index (χ4v) is 1.36. The molecule has 1 aromatic heterocycles. The monoisotopic (exact) mass is 229 g/mol. The predicted molar refractivity (Wildman–Crippen MR) is 61.3 cm³/mol. The molecule has 0 radical (unpaired) electrons. The van der Waals surface area contributed by atoms with Crippen LogP contribution in [0.25, 0.3) is 0 Å². The summed E-state index contributed by atoms with van der Waals surface area (Å²) in [6.07, 6.45) is 1.70. The largest absolute Gasteiger partial charge is 0.392 e. The van der Waals surface area contributed by atoms with E-state index in [9.17, 15) is 10.1 Å². The van der Waals surface area contributed by atoms with E-state index in [1.165, 1.54) is 0 Å². The van der Waals surface area contributed by atoms with Gasteiger partial charge in [0, 0.05) is 0 Å². The first-order valence-electron chi connectivity index (χ1n) is 4.65. The van der Waals surface area contributed by atoms with Crippen LogP contribution in [0.4, 0.5) is 5.82 Å². The number of aryl methyl sites for hydroxylation is 1. The summed E-state index contributed by atoms with van der Waals surface area (Å²) < 4.78 is 1.61. The zero-order valence-electron chi connectivity index (χ0n) is 9.10. The van der Waals surface area contributed by atoms with E-state index in [2.05, 4.69) is 17.7 Å². The maximum absolute atomic E-state index is 10.6. The first kappa shape index (κ1) is 12.0. The van der Waals surface area contributed by atoms with Crippen molar-refractivity contribution in [2.75, 3.05) is 5.75 Å². The van der Waals surface area contributed by atoms with E-state index in [1.807, 2.05) is 13.8 Å². The lowest BCUT2D eigenvalue weighted by molar-refractivity contribution is -0.390. The lowest BCUT2D eigenvalue weighted by atomic mass is 9.97. The topological polar surface area (TPSA) is 61.0 Å². The molecule has 0 amide bonds. The van der Waals surface area contributed by atoms with Gasteiger partial charge in [-0.2, -0.15) is 17.3 Å². The second kappa shape index (κ2) is 4.22. The van der Waals surface area contributed by atoms with Gasteiger partial charge in [-0.15, -0.1) is 0 Å². The lowest BCUT2D eigenvalue weighted by Crippen LogP contribution is -2.21. The van der Waals surface area contributed by atoms with E-state index >= 15 is 0 Å². The van der Waals surface area contributed by atoms with Crippen LogP contribution >= 0.6 is 12.6 Å². The van der Waals surface area contributed by atoms with Gasteiger partial charge < -0.3 is 10.1 Å². The molecule has 0 aromatic carbocycles.